The molecule has 37 heavy (non-hydrogen) atoms. The first kappa shape index (κ1) is 22.5. The molecule has 9 nitrogen and oxygen atoms in total. The number of aromatic nitrogens is 7. The maximum atomic E-state index is 12.4. The van der Waals surface area contributed by atoms with E-state index in [0.29, 0.717) is 16.9 Å². The first-order valence-electron chi connectivity index (χ1n) is 11.9. The highest BCUT2D eigenvalue weighted by atomic mass is 16.2. The summed E-state index contributed by atoms with van der Waals surface area (Å²) in [6.45, 7) is 5.61. The average molecular weight is 489 g/mol. The molecule has 0 fully saturated rings. The van der Waals surface area contributed by atoms with Crippen LogP contribution in [0.4, 0.5) is 5.69 Å². The lowest BCUT2D eigenvalue weighted by molar-refractivity contribution is -0.123. The molecule has 6 aromatic heterocycles. The van der Waals surface area contributed by atoms with Crippen LogP contribution in [0.3, 0.4) is 0 Å². The van der Waals surface area contributed by atoms with Gasteiger partial charge in [-0.15, -0.1) is 0 Å². The number of carbonyl (C=O) groups excluding carboxylic acids is 1. The number of rotatable bonds is 4. The van der Waals surface area contributed by atoms with Crippen LogP contribution in [0.15, 0.2) is 73.3 Å². The van der Waals surface area contributed by atoms with Gasteiger partial charge in [0.05, 0.1) is 34.5 Å². The van der Waals surface area contributed by atoms with Crippen molar-refractivity contribution in [1.29, 1.82) is 0 Å². The first-order valence-corrected chi connectivity index (χ1v) is 11.9. The van der Waals surface area contributed by atoms with Crippen molar-refractivity contribution in [2.24, 2.45) is 5.41 Å². The molecular weight excluding hydrogens is 464 g/mol. The van der Waals surface area contributed by atoms with Gasteiger partial charge < -0.3 is 10.3 Å². The molecule has 3 N–H and O–H groups in total. The number of pyridine rings is 4. The molecule has 1 amide bonds. The van der Waals surface area contributed by atoms with Crippen LogP contribution in [0.1, 0.15) is 20.8 Å². The zero-order valence-corrected chi connectivity index (χ0v) is 20.6. The van der Waals surface area contributed by atoms with Gasteiger partial charge in [0.2, 0.25) is 5.91 Å². The largest absolute Gasteiger partial charge is 0.338 e. The topological polar surface area (TPSA) is 125 Å². The number of hydrogen-bond donors (Lipinski definition) is 3. The minimum Gasteiger partial charge on any atom is -0.338 e. The van der Waals surface area contributed by atoms with Gasteiger partial charge in [0.25, 0.3) is 0 Å². The van der Waals surface area contributed by atoms with Gasteiger partial charge in [-0.2, -0.15) is 5.10 Å². The summed E-state index contributed by atoms with van der Waals surface area (Å²) in [4.78, 5) is 34.0. The average Bonchev–Trinajstić information content (AvgIpc) is 3.52. The summed E-state index contributed by atoms with van der Waals surface area (Å²) in [5.41, 5.74) is 7.23. The molecular formula is C28H24N8O. The van der Waals surface area contributed by atoms with Crippen LogP contribution in [0.25, 0.3) is 56.0 Å². The third-order valence-electron chi connectivity index (χ3n) is 6.11. The van der Waals surface area contributed by atoms with E-state index in [9.17, 15) is 4.79 Å². The second-order valence-corrected chi connectivity index (χ2v) is 9.85. The zero-order chi connectivity index (χ0) is 25.6. The van der Waals surface area contributed by atoms with E-state index in [1.54, 1.807) is 24.8 Å². The number of anilines is 1. The molecule has 6 aromatic rings. The van der Waals surface area contributed by atoms with Crippen molar-refractivity contribution in [3.63, 3.8) is 0 Å². The number of hydrogen-bond acceptors (Lipinski definition) is 6. The predicted octanol–water partition coefficient (Wildman–Crippen LogP) is 5.61. The van der Waals surface area contributed by atoms with E-state index < -0.39 is 5.41 Å². The lowest BCUT2D eigenvalue weighted by Crippen LogP contribution is -2.27. The fourth-order valence-electron chi connectivity index (χ4n) is 4.11. The van der Waals surface area contributed by atoms with E-state index in [1.165, 1.54) is 0 Å². The first-order chi connectivity index (χ1) is 17.9. The van der Waals surface area contributed by atoms with Crippen LogP contribution >= 0.6 is 0 Å². The van der Waals surface area contributed by atoms with Gasteiger partial charge in [-0.05, 0) is 42.5 Å². The van der Waals surface area contributed by atoms with Crippen LogP contribution in [0, 0.1) is 5.41 Å². The van der Waals surface area contributed by atoms with E-state index in [2.05, 4.69) is 35.5 Å². The number of nitrogens with one attached hydrogen (secondary N) is 3. The SMILES string of the molecule is CC(C)(C)C(=O)Nc1cncc(-c2ccc3[nH]nc(-c4cc5c(-c6ccccn6)ccnc5[nH]4)c3n2)c1. The maximum Gasteiger partial charge on any atom is 0.229 e. The Morgan fingerprint density at radius 1 is 0.946 bits per heavy atom. The quantitative estimate of drug-likeness (QED) is 0.296. The van der Waals surface area contributed by atoms with E-state index in [4.69, 9.17) is 4.98 Å². The summed E-state index contributed by atoms with van der Waals surface area (Å²) < 4.78 is 0. The summed E-state index contributed by atoms with van der Waals surface area (Å²) >= 11 is 0. The Morgan fingerprint density at radius 2 is 1.84 bits per heavy atom. The second-order valence-electron chi connectivity index (χ2n) is 9.85. The van der Waals surface area contributed by atoms with Gasteiger partial charge in [0.15, 0.2) is 0 Å². The third kappa shape index (κ3) is 4.20. The summed E-state index contributed by atoms with van der Waals surface area (Å²) in [5, 5.41) is 11.5. The Hall–Kier alpha value is -4.92. The minimum absolute atomic E-state index is 0.0792. The normalized spacial score (nSPS) is 11.8. The number of carbonyl (C=O) groups is 1. The molecule has 0 aliphatic carbocycles. The summed E-state index contributed by atoms with van der Waals surface area (Å²) in [6.07, 6.45) is 6.91. The number of H-pyrrole nitrogens is 2. The van der Waals surface area contributed by atoms with Gasteiger partial charge in [0.1, 0.15) is 16.9 Å². The molecule has 0 aromatic carbocycles. The molecule has 0 atom stereocenters. The highest BCUT2D eigenvalue weighted by Gasteiger charge is 2.21. The van der Waals surface area contributed by atoms with Crippen LogP contribution in [0.5, 0.6) is 0 Å². The molecule has 0 saturated heterocycles. The number of amides is 1. The van der Waals surface area contributed by atoms with Gasteiger partial charge in [-0.1, -0.05) is 26.8 Å². The third-order valence-corrected chi connectivity index (χ3v) is 6.11. The predicted molar refractivity (Wildman–Crippen MR) is 144 cm³/mol. The molecule has 0 radical (unpaired) electrons. The van der Waals surface area contributed by atoms with Crippen LogP contribution in [-0.4, -0.2) is 41.0 Å². The summed E-state index contributed by atoms with van der Waals surface area (Å²) in [6, 6.07) is 15.5. The Labute approximate surface area is 212 Å². The monoisotopic (exact) mass is 488 g/mol. The molecule has 182 valence electrons. The lowest BCUT2D eigenvalue weighted by Gasteiger charge is -2.17. The Kier molecular flexibility index (Phi) is 5.26. The van der Waals surface area contributed by atoms with Gasteiger partial charge in [-0.25, -0.2) is 9.97 Å². The van der Waals surface area contributed by atoms with Crippen LogP contribution in [-0.2, 0) is 4.79 Å². The summed E-state index contributed by atoms with van der Waals surface area (Å²) in [7, 11) is 0. The van der Waals surface area contributed by atoms with E-state index in [1.807, 2.05) is 69.3 Å². The number of fused-ring (bicyclic) bond motifs is 2. The highest BCUT2D eigenvalue weighted by molar-refractivity contribution is 5.98. The fraction of sp³-hybridized carbons (Fsp3) is 0.143. The molecule has 6 rings (SSSR count). The Morgan fingerprint density at radius 3 is 2.65 bits per heavy atom. The molecule has 0 aliphatic rings. The molecule has 0 aliphatic heterocycles. The Bertz CT molecular complexity index is 1760. The van der Waals surface area contributed by atoms with E-state index >= 15 is 0 Å². The molecule has 0 bridgehead atoms. The molecule has 9 heteroatoms. The van der Waals surface area contributed by atoms with Crippen molar-refractivity contribution >= 4 is 33.7 Å². The van der Waals surface area contributed by atoms with Crippen LogP contribution in [0.2, 0.25) is 0 Å². The zero-order valence-electron chi connectivity index (χ0n) is 20.6. The summed E-state index contributed by atoms with van der Waals surface area (Å²) in [5.74, 6) is -0.0792. The number of nitrogens with zero attached hydrogens (tertiary/aromatic N) is 5. The number of aromatic amines is 2. The van der Waals surface area contributed by atoms with Crippen molar-refractivity contribution in [3.05, 3.63) is 73.3 Å². The smallest absolute Gasteiger partial charge is 0.229 e. The van der Waals surface area contributed by atoms with E-state index in [-0.39, 0.29) is 5.91 Å². The van der Waals surface area contributed by atoms with Crippen LogP contribution < -0.4 is 5.32 Å². The molecule has 0 unspecified atom stereocenters. The van der Waals surface area contributed by atoms with E-state index in [0.717, 1.165) is 44.8 Å². The lowest BCUT2D eigenvalue weighted by atomic mass is 9.95. The van der Waals surface area contributed by atoms with Gasteiger partial charge in [0, 0.05) is 40.5 Å². The highest BCUT2D eigenvalue weighted by Crippen LogP contribution is 2.33. The van der Waals surface area contributed by atoms with Crippen molar-refractivity contribution in [2.45, 2.75) is 20.8 Å². The van der Waals surface area contributed by atoms with Crippen molar-refractivity contribution < 1.29 is 4.79 Å². The minimum atomic E-state index is -0.510. The standard InChI is InChI=1S/C28H24N8O/c1-28(2,3)27(37)32-17-12-16(14-29-15-17)20-7-8-22-24(33-20)25(36-35-22)23-13-19-18(9-11-31-26(19)34-23)21-6-4-5-10-30-21/h4-15H,1-3H3,(H,31,34)(H,32,37)(H,35,36). The Balaban J connectivity index is 1.40. The molecule has 0 spiro atoms. The molecule has 0 saturated carbocycles. The molecule has 6 heterocycles. The van der Waals surface area contributed by atoms with Crippen molar-refractivity contribution in [3.8, 4) is 33.9 Å². The fourth-order valence-corrected chi connectivity index (χ4v) is 4.11. The maximum absolute atomic E-state index is 12.4. The second kappa shape index (κ2) is 8.63. The van der Waals surface area contributed by atoms with Crippen molar-refractivity contribution in [1.82, 2.24) is 35.1 Å². The van der Waals surface area contributed by atoms with Gasteiger partial charge in [-0.3, -0.25) is 19.9 Å². The van der Waals surface area contributed by atoms with Gasteiger partial charge >= 0.3 is 0 Å². The van der Waals surface area contributed by atoms with Crippen molar-refractivity contribution in [2.75, 3.05) is 5.32 Å².